The first-order chi connectivity index (χ1) is 12.2. The summed E-state index contributed by atoms with van der Waals surface area (Å²) < 4.78 is 1.34. The summed E-state index contributed by atoms with van der Waals surface area (Å²) in [6, 6.07) is 1.87. The number of aromatic amines is 1. The number of nitrogens with zero attached hydrogens (tertiary/aromatic N) is 3. The molecule has 0 aromatic carbocycles. The molecule has 0 amide bonds. The van der Waals surface area contributed by atoms with Crippen LogP contribution in [0.3, 0.4) is 0 Å². The summed E-state index contributed by atoms with van der Waals surface area (Å²) >= 11 is 5.74. The van der Waals surface area contributed by atoms with Gasteiger partial charge in [-0.1, -0.05) is 0 Å². The third kappa shape index (κ3) is 5.32. The molecular formula is C17H23BrCl2N6S. The van der Waals surface area contributed by atoms with Gasteiger partial charge < -0.3 is 15.6 Å². The molecule has 0 unspecified atom stereocenters. The van der Waals surface area contributed by atoms with Crippen LogP contribution in [0.5, 0.6) is 0 Å². The lowest BCUT2D eigenvalue weighted by Crippen LogP contribution is -2.17. The minimum atomic E-state index is 0. The molecule has 3 heterocycles. The van der Waals surface area contributed by atoms with Crippen molar-refractivity contribution in [3.63, 3.8) is 0 Å². The Bertz CT molecular complexity index is 847. The number of rotatable bonds is 8. The van der Waals surface area contributed by atoms with Crippen molar-refractivity contribution in [2.45, 2.75) is 38.6 Å². The summed E-state index contributed by atoms with van der Waals surface area (Å²) in [7, 11) is 0. The SMILES string of the molecule is Cc1c(CNCCCNc2nc3nnccc3[nH]2)sc(C2CC2)c1Br.Cl.Cl. The minimum absolute atomic E-state index is 0. The van der Waals surface area contributed by atoms with Crippen LogP contribution in [-0.4, -0.2) is 33.3 Å². The maximum Gasteiger partial charge on any atom is 0.202 e. The summed E-state index contributed by atoms with van der Waals surface area (Å²) in [4.78, 5) is 10.6. The third-order valence-corrected chi connectivity index (χ3v) is 7.16. The van der Waals surface area contributed by atoms with Gasteiger partial charge in [-0.05, 0) is 66.2 Å². The van der Waals surface area contributed by atoms with Gasteiger partial charge in [0, 0.05) is 27.3 Å². The first kappa shape index (κ1) is 22.4. The maximum atomic E-state index is 4.36. The van der Waals surface area contributed by atoms with E-state index in [0.29, 0.717) is 5.65 Å². The van der Waals surface area contributed by atoms with E-state index in [1.54, 1.807) is 11.1 Å². The summed E-state index contributed by atoms with van der Waals surface area (Å²) in [5, 5.41) is 14.7. The van der Waals surface area contributed by atoms with Gasteiger partial charge in [-0.3, -0.25) is 0 Å². The van der Waals surface area contributed by atoms with E-state index in [-0.39, 0.29) is 24.8 Å². The van der Waals surface area contributed by atoms with E-state index in [2.05, 4.69) is 53.7 Å². The van der Waals surface area contributed by atoms with Crippen molar-refractivity contribution in [2.24, 2.45) is 0 Å². The molecule has 0 saturated heterocycles. The Kier molecular flexibility index (Phi) is 8.30. The van der Waals surface area contributed by atoms with Gasteiger partial charge in [0.2, 0.25) is 11.6 Å². The number of imidazole rings is 1. The van der Waals surface area contributed by atoms with Crippen LogP contribution >= 0.6 is 52.1 Å². The second kappa shape index (κ2) is 10.0. The monoisotopic (exact) mass is 492 g/mol. The Morgan fingerprint density at radius 3 is 2.85 bits per heavy atom. The molecule has 0 atom stereocenters. The van der Waals surface area contributed by atoms with Gasteiger partial charge in [-0.15, -0.1) is 41.2 Å². The highest BCUT2D eigenvalue weighted by molar-refractivity contribution is 9.10. The fourth-order valence-electron chi connectivity index (χ4n) is 2.81. The van der Waals surface area contributed by atoms with Gasteiger partial charge in [0.1, 0.15) is 0 Å². The minimum Gasteiger partial charge on any atom is -0.356 e. The van der Waals surface area contributed by atoms with Crippen LogP contribution in [0.25, 0.3) is 11.2 Å². The molecule has 1 aliphatic carbocycles. The zero-order valence-electron chi connectivity index (χ0n) is 14.9. The molecule has 0 spiro atoms. The molecule has 0 bridgehead atoms. The Morgan fingerprint density at radius 1 is 1.30 bits per heavy atom. The largest absolute Gasteiger partial charge is 0.356 e. The van der Waals surface area contributed by atoms with Gasteiger partial charge in [-0.2, -0.15) is 10.1 Å². The van der Waals surface area contributed by atoms with Crippen molar-refractivity contribution in [3.05, 3.63) is 32.1 Å². The van der Waals surface area contributed by atoms with E-state index in [1.165, 1.54) is 27.8 Å². The first-order valence-electron chi connectivity index (χ1n) is 8.62. The first-order valence-corrected chi connectivity index (χ1v) is 10.2. The number of aromatic nitrogens is 4. The van der Waals surface area contributed by atoms with Crippen LogP contribution in [0.4, 0.5) is 5.95 Å². The number of H-pyrrole nitrogens is 1. The van der Waals surface area contributed by atoms with Gasteiger partial charge in [0.05, 0.1) is 11.7 Å². The maximum absolute atomic E-state index is 4.36. The predicted octanol–water partition coefficient (Wildman–Crippen LogP) is 4.80. The number of nitrogens with one attached hydrogen (secondary N) is 3. The van der Waals surface area contributed by atoms with Crippen molar-refractivity contribution < 1.29 is 0 Å². The van der Waals surface area contributed by atoms with Gasteiger partial charge in [0.25, 0.3) is 0 Å². The van der Waals surface area contributed by atoms with Crippen molar-refractivity contribution in [1.29, 1.82) is 0 Å². The van der Waals surface area contributed by atoms with E-state index >= 15 is 0 Å². The molecule has 148 valence electrons. The predicted molar refractivity (Wildman–Crippen MR) is 120 cm³/mol. The van der Waals surface area contributed by atoms with Crippen LogP contribution in [0.2, 0.25) is 0 Å². The highest BCUT2D eigenvalue weighted by Gasteiger charge is 2.29. The Balaban J connectivity index is 0.00000131. The summed E-state index contributed by atoms with van der Waals surface area (Å²) in [6.07, 6.45) is 5.40. The fourth-order valence-corrected chi connectivity index (χ4v) is 5.09. The summed E-state index contributed by atoms with van der Waals surface area (Å²) in [5.74, 6) is 1.56. The molecule has 27 heavy (non-hydrogen) atoms. The number of thiophene rings is 1. The van der Waals surface area contributed by atoms with Crippen molar-refractivity contribution >= 4 is 69.2 Å². The van der Waals surface area contributed by atoms with Crippen LogP contribution in [0.1, 0.15) is 40.5 Å². The third-order valence-electron chi connectivity index (χ3n) is 4.43. The number of halogens is 3. The Hall–Kier alpha value is -0.930. The summed E-state index contributed by atoms with van der Waals surface area (Å²) in [6.45, 7) is 5.00. The molecule has 1 saturated carbocycles. The van der Waals surface area contributed by atoms with Crippen LogP contribution < -0.4 is 10.6 Å². The topological polar surface area (TPSA) is 78.5 Å². The molecule has 3 N–H and O–H groups in total. The molecule has 1 aliphatic rings. The molecule has 6 nitrogen and oxygen atoms in total. The molecule has 0 aliphatic heterocycles. The van der Waals surface area contributed by atoms with E-state index < -0.39 is 0 Å². The number of hydrogen-bond donors (Lipinski definition) is 3. The Morgan fingerprint density at radius 2 is 2.11 bits per heavy atom. The summed E-state index contributed by atoms with van der Waals surface area (Å²) in [5.41, 5.74) is 2.95. The lowest BCUT2D eigenvalue weighted by Gasteiger charge is -2.05. The Labute approximate surface area is 183 Å². The van der Waals surface area contributed by atoms with E-state index in [1.807, 2.05) is 17.4 Å². The fraction of sp³-hybridized carbons (Fsp3) is 0.471. The normalized spacial score (nSPS) is 13.3. The van der Waals surface area contributed by atoms with Crippen molar-refractivity contribution in [3.8, 4) is 0 Å². The number of anilines is 1. The van der Waals surface area contributed by atoms with E-state index in [9.17, 15) is 0 Å². The molecule has 0 radical (unpaired) electrons. The molecule has 4 rings (SSSR count). The average Bonchev–Trinajstić information content (AvgIpc) is 3.31. The van der Waals surface area contributed by atoms with Crippen molar-refractivity contribution in [2.75, 3.05) is 18.4 Å². The second-order valence-electron chi connectivity index (χ2n) is 6.41. The van der Waals surface area contributed by atoms with Gasteiger partial charge in [0.15, 0.2) is 0 Å². The van der Waals surface area contributed by atoms with Gasteiger partial charge in [-0.25, -0.2) is 0 Å². The lowest BCUT2D eigenvalue weighted by molar-refractivity contribution is 0.666. The van der Waals surface area contributed by atoms with E-state index in [4.69, 9.17) is 0 Å². The number of hydrogen-bond acceptors (Lipinski definition) is 6. The number of fused-ring (bicyclic) bond motifs is 1. The molecule has 10 heteroatoms. The standard InChI is InChI=1S/C17H21BrN6S.2ClH/c1-10-13(25-15(14(10)18)11-3-4-11)9-19-6-2-7-20-17-22-12-5-8-21-24-16(12)23-17;;/h5,8,11,19H,2-4,6-7,9H2,1H3,(H2,20,22,23,24);2*1H. The zero-order valence-corrected chi connectivity index (χ0v) is 19.0. The highest BCUT2D eigenvalue weighted by Crippen LogP contribution is 2.48. The van der Waals surface area contributed by atoms with Crippen LogP contribution in [-0.2, 0) is 6.54 Å². The average molecular weight is 494 g/mol. The highest BCUT2D eigenvalue weighted by atomic mass is 79.9. The lowest BCUT2D eigenvalue weighted by atomic mass is 10.2. The van der Waals surface area contributed by atoms with Crippen LogP contribution in [0, 0.1) is 6.92 Å². The smallest absolute Gasteiger partial charge is 0.202 e. The molecular weight excluding hydrogens is 471 g/mol. The molecule has 1 fully saturated rings. The zero-order chi connectivity index (χ0) is 17.2. The second-order valence-corrected chi connectivity index (χ2v) is 8.34. The molecule has 3 aromatic heterocycles. The van der Waals surface area contributed by atoms with E-state index in [0.717, 1.165) is 43.4 Å². The quantitative estimate of drug-likeness (QED) is 0.393. The van der Waals surface area contributed by atoms with Crippen LogP contribution in [0.15, 0.2) is 16.7 Å². The molecule has 3 aromatic rings. The van der Waals surface area contributed by atoms with Crippen molar-refractivity contribution in [1.82, 2.24) is 25.5 Å². The van der Waals surface area contributed by atoms with Gasteiger partial charge >= 0.3 is 0 Å².